The number of halogens is 2. The van der Waals surface area contributed by atoms with Gasteiger partial charge in [-0.25, -0.2) is 9.37 Å². The van der Waals surface area contributed by atoms with Crippen LogP contribution in [0.4, 0.5) is 4.39 Å². The second kappa shape index (κ2) is 4.45. The summed E-state index contributed by atoms with van der Waals surface area (Å²) in [6, 6.07) is 5.08. The Labute approximate surface area is 117 Å². The Hall–Kier alpha value is -1.69. The van der Waals surface area contributed by atoms with E-state index in [1.54, 1.807) is 6.07 Å². The summed E-state index contributed by atoms with van der Waals surface area (Å²) in [4.78, 5) is 7.63. The van der Waals surface area contributed by atoms with Gasteiger partial charge >= 0.3 is 0 Å². The summed E-state index contributed by atoms with van der Waals surface area (Å²) < 4.78 is 15.8. The van der Waals surface area contributed by atoms with Gasteiger partial charge in [0.1, 0.15) is 11.5 Å². The average Bonchev–Trinajstić information content (AvgIpc) is 2.93. The van der Waals surface area contributed by atoms with Gasteiger partial charge in [0.2, 0.25) is 0 Å². The van der Waals surface area contributed by atoms with Crippen LogP contribution in [0.1, 0.15) is 12.6 Å². The van der Waals surface area contributed by atoms with E-state index >= 15 is 0 Å². The van der Waals surface area contributed by atoms with Crippen LogP contribution in [0.3, 0.4) is 0 Å². The van der Waals surface area contributed by atoms with Crippen molar-refractivity contribution >= 4 is 27.0 Å². The summed E-state index contributed by atoms with van der Waals surface area (Å²) in [7, 11) is 0. The van der Waals surface area contributed by atoms with Crippen molar-refractivity contribution < 1.29 is 4.39 Å². The third kappa shape index (κ3) is 2.06. The fourth-order valence-corrected chi connectivity index (χ4v) is 2.43. The van der Waals surface area contributed by atoms with Crippen molar-refractivity contribution in [3.05, 3.63) is 34.2 Å². The second-order valence-corrected chi connectivity index (χ2v) is 5.21. The predicted octanol–water partition coefficient (Wildman–Crippen LogP) is 3.66. The fourth-order valence-electron chi connectivity index (χ4n) is 2.10. The van der Waals surface area contributed by atoms with Crippen LogP contribution in [0.5, 0.6) is 0 Å². The Kier molecular flexibility index (Phi) is 2.89. The third-order valence-corrected chi connectivity index (χ3v) is 3.58. The van der Waals surface area contributed by atoms with Crippen molar-refractivity contribution in [2.24, 2.45) is 0 Å². The maximum atomic E-state index is 13.5. The lowest BCUT2D eigenvalue weighted by Gasteiger charge is -1.99. The minimum absolute atomic E-state index is 0.303. The minimum Gasteiger partial charge on any atom is -0.337 e. The van der Waals surface area contributed by atoms with Gasteiger partial charge in [-0.1, -0.05) is 0 Å². The van der Waals surface area contributed by atoms with Gasteiger partial charge in [0.25, 0.3) is 0 Å². The van der Waals surface area contributed by atoms with Crippen LogP contribution in [0.25, 0.3) is 22.6 Å². The number of rotatable bonds is 2. The molecule has 2 aromatic heterocycles. The summed E-state index contributed by atoms with van der Waals surface area (Å²) in [6.07, 6.45) is 0. The predicted molar refractivity (Wildman–Crippen MR) is 75.4 cm³/mol. The largest absolute Gasteiger partial charge is 0.337 e. The van der Waals surface area contributed by atoms with E-state index < -0.39 is 0 Å². The van der Waals surface area contributed by atoms with E-state index in [1.165, 1.54) is 6.07 Å². The molecular formula is C13H12BrFN4. The molecule has 3 aromatic rings. The van der Waals surface area contributed by atoms with Gasteiger partial charge in [-0.15, -0.1) is 0 Å². The Morgan fingerprint density at radius 1 is 1.37 bits per heavy atom. The zero-order valence-corrected chi connectivity index (χ0v) is 12.1. The smallest absolute Gasteiger partial charge is 0.156 e. The number of aromatic nitrogens is 4. The van der Waals surface area contributed by atoms with Crippen molar-refractivity contribution in [3.63, 3.8) is 0 Å². The lowest BCUT2D eigenvalue weighted by molar-refractivity contribution is 0.623. The number of imidazole rings is 1. The molecule has 0 aliphatic rings. The van der Waals surface area contributed by atoms with Crippen molar-refractivity contribution in [3.8, 4) is 11.5 Å². The average molecular weight is 323 g/mol. The number of nitrogens with one attached hydrogen (secondary N) is 1. The Balaban J connectivity index is 2.20. The number of aryl methyl sites for hydroxylation is 2. The SMILES string of the molecule is CCn1nc(C)cc1-c1nc2cc(Br)c(F)cc2[nH]1. The Bertz CT molecular complexity index is 720. The molecule has 19 heavy (non-hydrogen) atoms. The molecule has 1 N–H and O–H groups in total. The number of aromatic amines is 1. The molecule has 0 unspecified atom stereocenters. The highest BCUT2D eigenvalue weighted by Gasteiger charge is 2.13. The van der Waals surface area contributed by atoms with Crippen LogP contribution in [0, 0.1) is 12.7 Å². The molecule has 0 saturated carbocycles. The van der Waals surface area contributed by atoms with Gasteiger partial charge in [-0.3, -0.25) is 4.68 Å². The van der Waals surface area contributed by atoms with E-state index in [2.05, 4.69) is 31.0 Å². The highest BCUT2D eigenvalue weighted by atomic mass is 79.9. The number of hydrogen-bond acceptors (Lipinski definition) is 2. The quantitative estimate of drug-likeness (QED) is 0.782. The fraction of sp³-hybridized carbons (Fsp3) is 0.231. The number of hydrogen-bond donors (Lipinski definition) is 1. The molecule has 3 rings (SSSR count). The van der Waals surface area contributed by atoms with E-state index in [1.807, 2.05) is 24.6 Å². The molecule has 0 aliphatic carbocycles. The first kappa shape index (κ1) is 12.3. The molecule has 0 spiro atoms. The van der Waals surface area contributed by atoms with Gasteiger partial charge < -0.3 is 4.98 Å². The second-order valence-electron chi connectivity index (χ2n) is 4.36. The lowest BCUT2D eigenvalue weighted by atomic mass is 10.3. The molecule has 0 fully saturated rings. The molecule has 4 nitrogen and oxygen atoms in total. The molecule has 0 atom stereocenters. The van der Waals surface area contributed by atoms with Gasteiger partial charge in [0, 0.05) is 12.6 Å². The zero-order valence-electron chi connectivity index (χ0n) is 10.5. The minimum atomic E-state index is -0.303. The molecular weight excluding hydrogens is 311 g/mol. The molecule has 0 aliphatic heterocycles. The maximum absolute atomic E-state index is 13.5. The summed E-state index contributed by atoms with van der Waals surface area (Å²) in [5.41, 5.74) is 3.25. The van der Waals surface area contributed by atoms with Crippen LogP contribution >= 0.6 is 15.9 Å². The first-order chi connectivity index (χ1) is 9.08. The maximum Gasteiger partial charge on any atom is 0.156 e. The third-order valence-electron chi connectivity index (χ3n) is 2.97. The van der Waals surface area contributed by atoms with Crippen LogP contribution in [-0.4, -0.2) is 19.7 Å². The van der Waals surface area contributed by atoms with Crippen molar-refractivity contribution in [1.29, 1.82) is 0 Å². The first-order valence-corrected chi connectivity index (χ1v) is 6.77. The van der Waals surface area contributed by atoms with Crippen LogP contribution < -0.4 is 0 Å². The Morgan fingerprint density at radius 3 is 2.89 bits per heavy atom. The van der Waals surface area contributed by atoms with Gasteiger partial charge in [-0.2, -0.15) is 5.10 Å². The monoisotopic (exact) mass is 322 g/mol. The number of H-pyrrole nitrogens is 1. The normalized spacial score (nSPS) is 11.4. The molecule has 0 amide bonds. The summed E-state index contributed by atoms with van der Waals surface area (Å²) in [5.74, 6) is 0.401. The zero-order chi connectivity index (χ0) is 13.6. The molecule has 6 heteroatoms. The van der Waals surface area contributed by atoms with Crippen LogP contribution in [0.15, 0.2) is 22.7 Å². The van der Waals surface area contributed by atoms with E-state index in [-0.39, 0.29) is 5.82 Å². The van der Waals surface area contributed by atoms with E-state index in [4.69, 9.17) is 0 Å². The standard InChI is InChI=1S/C13H12BrFN4/c1-3-19-12(4-7(2)18-19)13-16-10-5-8(14)9(15)6-11(10)17-13/h4-6H,3H2,1-2H3,(H,16,17). The topological polar surface area (TPSA) is 46.5 Å². The molecule has 1 aromatic carbocycles. The van der Waals surface area contributed by atoms with Crippen molar-refractivity contribution in [1.82, 2.24) is 19.7 Å². The number of benzene rings is 1. The van der Waals surface area contributed by atoms with Crippen molar-refractivity contribution in [2.45, 2.75) is 20.4 Å². The van der Waals surface area contributed by atoms with E-state index in [0.717, 1.165) is 23.4 Å². The highest BCUT2D eigenvalue weighted by Crippen LogP contribution is 2.25. The van der Waals surface area contributed by atoms with Crippen LogP contribution in [-0.2, 0) is 6.54 Å². The summed E-state index contributed by atoms with van der Waals surface area (Å²) in [5, 5.41) is 4.38. The molecule has 0 radical (unpaired) electrons. The Morgan fingerprint density at radius 2 is 2.16 bits per heavy atom. The van der Waals surface area contributed by atoms with Crippen molar-refractivity contribution in [2.75, 3.05) is 0 Å². The van der Waals surface area contributed by atoms with E-state index in [9.17, 15) is 4.39 Å². The van der Waals surface area contributed by atoms with E-state index in [0.29, 0.717) is 15.8 Å². The highest BCUT2D eigenvalue weighted by molar-refractivity contribution is 9.10. The molecule has 0 bridgehead atoms. The first-order valence-electron chi connectivity index (χ1n) is 5.98. The number of nitrogens with zero attached hydrogens (tertiary/aromatic N) is 3. The van der Waals surface area contributed by atoms with Gasteiger partial charge in [0.15, 0.2) is 5.82 Å². The van der Waals surface area contributed by atoms with Crippen LogP contribution in [0.2, 0.25) is 0 Å². The van der Waals surface area contributed by atoms with Gasteiger partial charge in [0.05, 0.1) is 21.2 Å². The lowest BCUT2D eigenvalue weighted by Crippen LogP contribution is -1.99. The molecule has 98 valence electrons. The van der Waals surface area contributed by atoms with Gasteiger partial charge in [-0.05, 0) is 41.9 Å². The number of fused-ring (bicyclic) bond motifs is 1. The molecule has 2 heterocycles. The summed E-state index contributed by atoms with van der Waals surface area (Å²) >= 11 is 3.17. The molecule has 0 saturated heterocycles. The summed E-state index contributed by atoms with van der Waals surface area (Å²) in [6.45, 7) is 4.72.